The number of carbonyl (C=O) groups excluding carboxylic acids is 1. The molecule has 7 heteroatoms. The number of fused-ring (bicyclic) bond motifs is 1. The minimum Gasteiger partial charge on any atom is -0.337 e. The molecule has 0 bridgehead atoms. The van der Waals surface area contributed by atoms with Crippen LogP contribution in [0, 0.1) is 0 Å². The molecule has 3 N–H and O–H groups in total. The van der Waals surface area contributed by atoms with Gasteiger partial charge in [-0.1, -0.05) is 6.07 Å². The number of amides is 1. The van der Waals surface area contributed by atoms with Crippen LogP contribution in [0.2, 0.25) is 0 Å². The lowest BCUT2D eigenvalue weighted by atomic mass is 10.0. The van der Waals surface area contributed by atoms with Gasteiger partial charge >= 0.3 is 0 Å². The largest absolute Gasteiger partial charge is 0.337 e. The van der Waals surface area contributed by atoms with Crippen LogP contribution in [0.1, 0.15) is 27.9 Å². The lowest BCUT2D eigenvalue weighted by Gasteiger charge is -2.19. The first-order valence-corrected chi connectivity index (χ1v) is 9.21. The number of benzene rings is 1. The Morgan fingerprint density at radius 2 is 1.92 bits per heavy atom. The Labute approximate surface area is 153 Å². The third kappa shape index (κ3) is 3.84. The fourth-order valence-corrected chi connectivity index (χ4v) is 3.42. The van der Waals surface area contributed by atoms with Crippen LogP contribution in [-0.4, -0.2) is 53.5 Å². The van der Waals surface area contributed by atoms with E-state index in [9.17, 15) is 4.79 Å². The number of aromatic nitrogens is 2. The Balaban J connectivity index is 1.43. The highest BCUT2D eigenvalue weighted by Gasteiger charge is 2.18. The average Bonchev–Trinajstić information content (AvgIpc) is 2.97. The van der Waals surface area contributed by atoms with Gasteiger partial charge < -0.3 is 20.9 Å². The van der Waals surface area contributed by atoms with Gasteiger partial charge in [0.1, 0.15) is 0 Å². The summed E-state index contributed by atoms with van der Waals surface area (Å²) in [6, 6.07) is 6.34. The van der Waals surface area contributed by atoms with Gasteiger partial charge in [-0.3, -0.25) is 4.79 Å². The second-order valence-electron chi connectivity index (χ2n) is 6.73. The van der Waals surface area contributed by atoms with Crippen molar-refractivity contribution >= 4 is 17.5 Å². The zero-order chi connectivity index (χ0) is 17.8. The first-order valence-electron chi connectivity index (χ1n) is 9.21. The van der Waals surface area contributed by atoms with Crippen LogP contribution in [-0.2, 0) is 13.0 Å². The summed E-state index contributed by atoms with van der Waals surface area (Å²) >= 11 is 0. The second kappa shape index (κ2) is 7.80. The fourth-order valence-electron chi connectivity index (χ4n) is 3.42. The molecule has 0 saturated carbocycles. The standard InChI is InChI=1S/C19H24N6O/c26-18(25-8-1-5-20-7-9-25)16-12-22-19(23-13-16)24-17-3-2-14-4-6-21-11-15(14)10-17/h2-3,10,12-13,20-21H,1,4-9,11H2,(H,22,23,24). The summed E-state index contributed by atoms with van der Waals surface area (Å²) < 4.78 is 0. The molecule has 1 aromatic carbocycles. The molecular weight excluding hydrogens is 328 g/mol. The molecule has 1 aromatic heterocycles. The van der Waals surface area contributed by atoms with Crippen LogP contribution in [0.5, 0.6) is 0 Å². The second-order valence-corrected chi connectivity index (χ2v) is 6.73. The summed E-state index contributed by atoms with van der Waals surface area (Å²) in [5.74, 6) is 0.503. The third-order valence-electron chi connectivity index (χ3n) is 4.88. The Kier molecular flexibility index (Phi) is 5.08. The van der Waals surface area contributed by atoms with E-state index in [1.165, 1.54) is 11.1 Å². The molecule has 0 spiro atoms. The van der Waals surface area contributed by atoms with E-state index in [0.29, 0.717) is 11.5 Å². The molecule has 2 aliphatic heterocycles. The number of hydrogen-bond donors (Lipinski definition) is 3. The van der Waals surface area contributed by atoms with Crippen LogP contribution >= 0.6 is 0 Å². The molecular formula is C19H24N6O. The molecule has 1 amide bonds. The van der Waals surface area contributed by atoms with Gasteiger partial charge in [-0.15, -0.1) is 0 Å². The van der Waals surface area contributed by atoms with Crippen LogP contribution in [0.4, 0.5) is 11.6 Å². The summed E-state index contributed by atoms with van der Waals surface area (Å²) in [5, 5.41) is 9.91. The summed E-state index contributed by atoms with van der Waals surface area (Å²) in [6.07, 6.45) is 5.25. The lowest BCUT2D eigenvalue weighted by molar-refractivity contribution is 0.0765. The van der Waals surface area contributed by atoms with E-state index >= 15 is 0 Å². The molecule has 0 radical (unpaired) electrons. The van der Waals surface area contributed by atoms with Gasteiger partial charge in [0.25, 0.3) is 5.91 Å². The van der Waals surface area contributed by atoms with Crippen LogP contribution in [0.15, 0.2) is 30.6 Å². The molecule has 0 aliphatic carbocycles. The Bertz CT molecular complexity index is 768. The summed E-state index contributed by atoms with van der Waals surface area (Å²) in [4.78, 5) is 23.1. The summed E-state index contributed by atoms with van der Waals surface area (Å²) in [5.41, 5.74) is 4.20. The van der Waals surface area contributed by atoms with Crippen LogP contribution in [0.25, 0.3) is 0 Å². The van der Waals surface area contributed by atoms with Crippen molar-refractivity contribution < 1.29 is 4.79 Å². The SMILES string of the molecule is O=C(c1cnc(Nc2ccc3c(c2)CNCC3)nc1)N1CCCNCC1. The van der Waals surface area contributed by atoms with E-state index in [4.69, 9.17) is 0 Å². The topological polar surface area (TPSA) is 82.2 Å². The molecule has 26 heavy (non-hydrogen) atoms. The summed E-state index contributed by atoms with van der Waals surface area (Å²) in [7, 11) is 0. The quantitative estimate of drug-likeness (QED) is 0.773. The van der Waals surface area contributed by atoms with E-state index in [-0.39, 0.29) is 5.91 Å². The van der Waals surface area contributed by atoms with E-state index in [1.54, 1.807) is 12.4 Å². The maximum Gasteiger partial charge on any atom is 0.257 e. The Morgan fingerprint density at radius 3 is 2.81 bits per heavy atom. The van der Waals surface area contributed by atoms with Gasteiger partial charge in [0.2, 0.25) is 5.95 Å². The highest BCUT2D eigenvalue weighted by molar-refractivity contribution is 5.93. The fraction of sp³-hybridized carbons (Fsp3) is 0.421. The zero-order valence-corrected chi connectivity index (χ0v) is 14.8. The minimum absolute atomic E-state index is 0.0000974. The molecule has 3 heterocycles. The molecule has 4 rings (SSSR count). The number of hydrogen-bond acceptors (Lipinski definition) is 6. The molecule has 0 atom stereocenters. The first kappa shape index (κ1) is 16.9. The lowest BCUT2D eigenvalue weighted by Crippen LogP contribution is -2.34. The predicted molar refractivity (Wildman–Crippen MR) is 101 cm³/mol. The van der Waals surface area contributed by atoms with Gasteiger partial charge in [0, 0.05) is 44.3 Å². The van der Waals surface area contributed by atoms with Gasteiger partial charge in [0.15, 0.2) is 0 Å². The van der Waals surface area contributed by atoms with Crippen LogP contribution in [0.3, 0.4) is 0 Å². The molecule has 1 saturated heterocycles. The zero-order valence-electron chi connectivity index (χ0n) is 14.8. The number of nitrogens with one attached hydrogen (secondary N) is 3. The summed E-state index contributed by atoms with van der Waals surface area (Å²) in [6.45, 7) is 5.21. The van der Waals surface area contributed by atoms with Crippen molar-refractivity contribution in [3.63, 3.8) is 0 Å². The first-order chi connectivity index (χ1) is 12.8. The van der Waals surface area contributed by atoms with E-state index in [0.717, 1.165) is 57.8 Å². The van der Waals surface area contributed by atoms with E-state index < -0.39 is 0 Å². The minimum atomic E-state index is 0.0000974. The number of rotatable bonds is 3. The number of carbonyl (C=O) groups is 1. The van der Waals surface area contributed by atoms with Crippen molar-refractivity contribution in [1.29, 1.82) is 0 Å². The maximum atomic E-state index is 12.6. The molecule has 7 nitrogen and oxygen atoms in total. The highest BCUT2D eigenvalue weighted by Crippen LogP contribution is 2.21. The highest BCUT2D eigenvalue weighted by atomic mass is 16.2. The van der Waals surface area contributed by atoms with Crippen molar-refractivity contribution in [2.45, 2.75) is 19.4 Å². The molecule has 1 fully saturated rings. The Morgan fingerprint density at radius 1 is 1.04 bits per heavy atom. The molecule has 136 valence electrons. The normalized spacial score (nSPS) is 17.3. The van der Waals surface area contributed by atoms with Crippen molar-refractivity contribution in [1.82, 2.24) is 25.5 Å². The maximum absolute atomic E-state index is 12.6. The van der Waals surface area contributed by atoms with Crippen molar-refractivity contribution in [2.24, 2.45) is 0 Å². The smallest absolute Gasteiger partial charge is 0.257 e. The van der Waals surface area contributed by atoms with E-state index in [1.807, 2.05) is 4.90 Å². The van der Waals surface area contributed by atoms with Crippen molar-refractivity contribution in [3.8, 4) is 0 Å². The number of nitrogens with zero attached hydrogens (tertiary/aromatic N) is 3. The van der Waals surface area contributed by atoms with Crippen LogP contribution < -0.4 is 16.0 Å². The third-order valence-corrected chi connectivity index (χ3v) is 4.88. The number of anilines is 2. The van der Waals surface area contributed by atoms with Crippen molar-refractivity contribution in [3.05, 3.63) is 47.3 Å². The van der Waals surface area contributed by atoms with E-state index in [2.05, 4.69) is 44.1 Å². The molecule has 2 aromatic rings. The Hall–Kier alpha value is -2.51. The van der Waals surface area contributed by atoms with Gasteiger partial charge in [-0.2, -0.15) is 0 Å². The van der Waals surface area contributed by atoms with Gasteiger partial charge in [-0.25, -0.2) is 9.97 Å². The van der Waals surface area contributed by atoms with Gasteiger partial charge in [0.05, 0.1) is 5.56 Å². The van der Waals surface area contributed by atoms with Crippen molar-refractivity contribution in [2.75, 3.05) is 38.0 Å². The predicted octanol–water partition coefficient (Wildman–Crippen LogP) is 1.30. The molecule has 0 unspecified atom stereocenters. The monoisotopic (exact) mass is 352 g/mol. The molecule has 2 aliphatic rings. The average molecular weight is 352 g/mol. The van der Waals surface area contributed by atoms with Gasteiger partial charge in [-0.05, 0) is 49.2 Å².